The molecular weight excluding hydrogens is 236 g/mol. The number of carbonyl (C=O) groups is 1. The van der Waals surface area contributed by atoms with E-state index in [0.29, 0.717) is 10.2 Å². The summed E-state index contributed by atoms with van der Waals surface area (Å²) >= 11 is 3.09. The minimum Gasteiger partial charge on any atom is -0.481 e. The maximum atomic E-state index is 10.4. The first kappa shape index (κ1) is 9.68. The van der Waals surface area contributed by atoms with Crippen LogP contribution >= 0.6 is 15.9 Å². The molecule has 0 unspecified atom stereocenters. The lowest BCUT2D eigenvalue weighted by Crippen LogP contribution is -2.01. The molecule has 66 valence electrons. The van der Waals surface area contributed by atoms with Crippen LogP contribution in [-0.4, -0.2) is 16.1 Å². The molecule has 1 aromatic rings. The number of pyridine rings is 1. The Morgan fingerprint density at radius 3 is 2.92 bits per heavy atom. The van der Waals surface area contributed by atoms with Crippen LogP contribution in [0.4, 0.5) is 0 Å². The van der Waals surface area contributed by atoms with E-state index in [9.17, 15) is 4.79 Å². The van der Waals surface area contributed by atoms with Gasteiger partial charge in [0.25, 0.3) is 0 Å². The summed E-state index contributed by atoms with van der Waals surface area (Å²) in [6, 6.07) is 4.88. The van der Waals surface area contributed by atoms with Crippen molar-refractivity contribution in [1.29, 1.82) is 5.26 Å². The van der Waals surface area contributed by atoms with Crippen LogP contribution < -0.4 is 0 Å². The van der Waals surface area contributed by atoms with Gasteiger partial charge < -0.3 is 5.11 Å². The quantitative estimate of drug-likeness (QED) is 0.793. The summed E-state index contributed by atoms with van der Waals surface area (Å²) in [5.41, 5.74) is 0.775. The van der Waals surface area contributed by atoms with Gasteiger partial charge in [-0.15, -0.1) is 0 Å². The van der Waals surface area contributed by atoms with Gasteiger partial charge >= 0.3 is 5.97 Å². The first-order valence-electron chi connectivity index (χ1n) is 3.40. The Kier molecular flexibility index (Phi) is 2.98. The SMILES string of the molecule is N#Cc1cc(CC(=O)O)cc(Br)n1. The molecule has 0 aromatic carbocycles. The molecule has 4 nitrogen and oxygen atoms in total. The van der Waals surface area contributed by atoms with Crippen LogP contribution in [0.3, 0.4) is 0 Å². The van der Waals surface area contributed by atoms with Crippen molar-refractivity contribution in [2.75, 3.05) is 0 Å². The second-order valence-corrected chi connectivity index (χ2v) is 3.18. The Hall–Kier alpha value is -1.41. The smallest absolute Gasteiger partial charge is 0.307 e. The molecule has 0 atom stereocenters. The number of nitrogens with zero attached hydrogens (tertiary/aromatic N) is 2. The molecule has 0 aliphatic heterocycles. The van der Waals surface area contributed by atoms with Crippen molar-refractivity contribution in [3.8, 4) is 6.07 Å². The van der Waals surface area contributed by atoms with E-state index < -0.39 is 5.97 Å². The third-order valence-corrected chi connectivity index (χ3v) is 1.73. The molecule has 0 aliphatic carbocycles. The molecule has 1 heterocycles. The lowest BCUT2D eigenvalue weighted by molar-refractivity contribution is -0.136. The maximum Gasteiger partial charge on any atom is 0.307 e. The first-order chi connectivity index (χ1) is 6.11. The summed E-state index contributed by atoms with van der Waals surface area (Å²) in [5, 5.41) is 17.0. The van der Waals surface area contributed by atoms with E-state index in [1.807, 2.05) is 6.07 Å². The number of carboxylic acids is 1. The van der Waals surface area contributed by atoms with E-state index in [1.165, 1.54) is 6.07 Å². The Bertz CT molecular complexity index is 384. The molecule has 5 heteroatoms. The summed E-state index contributed by atoms with van der Waals surface area (Å²) < 4.78 is 0.475. The zero-order valence-corrected chi connectivity index (χ0v) is 8.08. The largest absolute Gasteiger partial charge is 0.481 e. The Morgan fingerprint density at radius 2 is 2.38 bits per heavy atom. The molecule has 0 saturated heterocycles. The van der Waals surface area contributed by atoms with E-state index in [4.69, 9.17) is 10.4 Å². The van der Waals surface area contributed by atoms with Gasteiger partial charge in [0.1, 0.15) is 16.4 Å². The predicted molar refractivity (Wildman–Crippen MR) is 48.0 cm³/mol. The number of aliphatic carboxylic acids is 1. The highest BCUT2D eigenvalue weighted by Gasteiger charge is 2.04. The van der Waals surface area contributed by atoms with Crippen molar-refractivity contribution >= 4 is 21.9 Å². The normalized spacial score (nSPS) is 9.23. The average Bonchev–Trinajstić information content (AvgIpc) is 2.01. The molecule has 0 bridgehead atoms. The molecular formula is C8H5BrN2O2. The van der Waals surface area contributed by atoms with Crippen LogP contribution in [0.25, 0.3) is 0 Å². The average molecular weight is 241 g/mol. The Balaban J connectivity index is 3.03. The van der Waals surface area contributed by atoms with E-state index in [-0.39, 0.29) is 12.1 Å². The minimum atomic E-state index is -0.929. The number of hydrogen-bond donors (Lipinski definition) is 1. The summed E-state index contributed by atoms with van der Waals surface area (Å²) in [5.74, 6) is -0.929. The van der Waals surface area contributed by atoms with Crippen molar-refractivity contribution in [3.63, 3.8) is 0 Å². The van der Waals surface area contributed by atoms with Gasteiger partial charge in [-0.1, -0.05) is 0 Å². The van der Waals surface area contributed by atoms with Gasteiger partial charge in [0.2, 0.25) is 0 Å². The fourth-order valence-corrected chi connectivity index (χ4v) is 1.37. The molecule has 1 N–H and O–H groups in total. The summed E-state index contributed by atoms with van der Waals surface area (Å²) in [7, 11) is 0. The highest BCUT2D eigenvalue weighted by atomic mass is 79.9. The lowest BCUT2D eigenvalue weighted by atomic mass is 10.2. The highest BCUT2D eigenvalue weighted by molar-refractivity contribution is 9.10. The van der Waals surface area contributed by atoms with Crippen LogP contribution in [-0.2, 0) is 11.2 Å². The van der Waals surface area contributed by atoms with Crippen LogP contribution in [0, 0.1) is 11.3 Å². The second kappa shape index (κ2) is 4.01. The standard InChI is InChI=1S/C8H5BrN2O2/c9-7-2-5(3-8(12)13)1-6(4-10)11-7/h1-2H,3H2,(H,12,13). The van der Waals surface area contributed by atoms with Gasteiger partial charge in [0.15, 0.2) is 0 Å². The molecule has 0 radical (unpaired) electrons. The molecule has 0 fully saturated rings. The van der Waals surface area contributed by atoms with Crippen molar-refractivity contribution in [3.05, 3.63) is 28.0 Å². The molecule has 1 aromatic heterocycles. The van der Waals surface area contributed by atoms with Gasteiger partial charge in [-0.25, -0.2) is 4.98 Å². The number of carboxylic acid groups (broad SMARTS) is 1. The topological polar surface area (TPSA) is 74.0 Å². The van der Waals surface area contributed by atoms with Gasteiger partial charge in [0, 0.05) is 0 Å². The van der Waals surface area contributed by atoms with Crippen molar-refractivity contribution in [1.82, 2.24) is 4.98 Å². The predicted octanol–water partition coefficient (Wildman–Crippen LogP) is 1.34. The molecule has 0 aliphatic rings. The molecule has 13 heavy (non-hydrogen) atoms. The molecule has 0 saturated carbocycles. The molecule has 0 amide bonds. The second-order valence-electron chi connectivity index (χ2n) is 2.37. The number of nitriles is 1. The van der Waals surface area contributed by atoms with Gasteiger partial charge in [-0.3, -0.25) is 4.79 Å². The zero-order chi connectivity index (χ0) is 9.84. The molecule has 1 rings (SSSR count). The van der Waals surface area contributed by atoms with E-state index >= 15 is 0 Å². The van der Waals surface area contributed by atoms with Gasteiger partial charge in [-0.05, 0) is 33.6 Å². The summed E-state index contributed by atoms with van der Waals surface area (Å²) in [4.78, 5) is 14.2. The summed E-state index contributed by atoms with van der Waals surface area (Å²) in [6.07, 6.45) is -0.101. The lowest BCUT2D eigenvalue weighted by Gasteiger charge is -1.97. The van der Waals surface area contributed by atoms with E-state index in [2.05, 4.69) is 20.9 Å². The third-order valence-electron chi connectivity index (χ3n) is 1.32. The minimum absolute atomic E-state index is 0.101. The number of halogens is 1. The number of rotatable bonds is 2. The third kappa shape index (κ3) is 2.84. The Morgan fingerprint density at radius 1 is 1.69 bits per heavy atom. The van der Waals surface area contributed by atoms with Crippen LogP contribution in [0.2, 0.25) is 0 Å². The zero-order valence-electron chi connectivity index (χ0n) is 6.49. The van der Waals surface area contributed by atoms with Crippen molar-refractivity contribution < 1.29 is 9.90 Å². The maximum absolute atomic E-state index is 10.4. The van der Waals surface area contributed by atoms with E-state index in [1.54, 1.807) is 6.07 Å². The fourth-order valence-electron chi connectivity index (χ4n) is 0.884. The van der Waals surface area contributed by atoms with Gasteiger partial charge in [-0.2, -0.15) is 5.26 Å². The highest BCUT2D eigenvalue weighted by Crippen LogP contribution is 2.11. The number of aromatic nitrogens is 1. The molecule has 0 spiro atoms. The van der Waals surface area contributed by atoms with Crippen molar-refractivity contribution in [2.45, 2.75) is 6.42 Å². The van der Waals surface area contributed by atoms with Gasteiger partial charge in [0.05, 0.1) is 6.42 Å². The first-order valence-corrected chi connectivity index (χ1v) is 4.19. The van der Waals surface area contributed by atoms with Crippen LogP contribution in [0.15, 0.2) is 16.7 Å². The van der Waals surface area contributed by atoms with E-state index in [0.717, 1.165) is 0 Å². The Labute approximate surface area is 83.0 Å². The fraction of sp³-hybridized carbons (Fsp3) is 0.125. The summed E-state index contributed by atoms with van der Waals surface area (Å²) in [6.45, 7) is 0. The van der Waals surface area contributed by atoms with Crippen LogP contribution in [0.1, 0.15) is 11.3 Å². The van der Waals surface area contributed by atoms with Crippen molar-refractivity contribution in [2.24, 2.45) is 0 Å². The monoisotopic (exact) mass is 240 g/mol. The van der Waals surface area contributed by atoms with Crippen LogP contribution in [0.5, 0.6) is 0 Å². The number of hydrogen-bond acceptors (Lipinski definition) is 3.